The van der Waals surface area contributed by atoms with Gasteiger partial charge in [-0.1, -0.05) is 127 Å². The van der Waals surface area contributed by atoms with Gasteiger partial charge in [0.2, 0.25) is 0 Å². The second-order valence-corrected chi connectivity index (χ2v) is 10.4. The highest BCUT2D eigenvalue weighted by Gasteiger charge is 2.52. The fourth-order valence-corrected chi connectivity index (χ4v) is 7.34. The number of furan rings is 1. The van der Waals surface area contributed by atoms with Gasteiger partial charge in [-0.3, -0.25) is 0 Å². The SMILES string of the molecule is c1ccc2c(c1)-c1ccccc1C21c2ccccc2-c2cccc(-c3cccc4c3oc3ccccc34)c21. The third kappa shape index (κ3) is 2.29. The van der Waals surface area contributed by atoms with Gasteiger partial charge in [0.1, 0.15) is 11.2 Å². The van der Waals surface area contributed by atoms with Crippen LogP contribution in [0.1, 0.15) is 22.3 Å². The van der Waals surface area contributed by atoms with E-state index in [1.165, 1.54) is 50.1 Å². The predicted octanol–water partition coefficient (Wildman–Crippen LogP) is 9.60. The van der Waals surface area contributed by atoms with Crippen molar-refractivity contribution < 1.29 is 4.42 Å². The summed E-state index contributed by atoms with van der Waals surface area (Å²) in [6, 6.07) is 48.6. The zero-order valence-corrected chi connectivity index (χ0v) is 20.6. The first-order chi connectivity index (χ1) is 18.9. The Balaban J connectivity index is 1.48. The molecule has 9 rings (SSSR count). The summed E-state index contributed by atoms with van der Waals surface area (Å²) in [6.07, 6.45) is 0. The van der Waals surface area contributed by atoms with Crippen LogP contribution in [0.3, 0.4) is 0 Å². The molecule has 0 fully saturated rings. The van der Waals surface area contributed by atoms with Crippen LogP contribution in [0, 0.1) is 0 Å². The van der Waals surface area contributed by atoms with E-state index in [1.54, 1.807) is 0 Å². The van der Waals surface area contributed by atoms with Crippen molar-refractivity contribution in [3.63, 3.8) is 0 Å². The first kappa shape index (κ1) is 20.2. The number of hydrogen-bond donors (Lipinski definition) is 0. The Morgan fingerprint density at radius 2 is 0.816 bits per heavy atom. The van der Waals surface area contributed by atoms with Crippen molar-refractivity contribution >= 4 is 21.9 Å². The van der Waals surface area contributed by atoms with E-state index in [2.05, 4.69) is 127 Å². The van der Waals surface area contributed by atoms with Crippen molar-refractivity contribution in [1.82, 2.24) is 0 Å². The quantitative estimate of drug-likeness (QED) is 0.227. The second-order valence-electron chi connectivity index (χ2n) is 10.4. The monoisotopic (exact) mass is 482 g/mol. The molecule has 1 aromatic heterocycles. The summed E-state index contributed by atoms with van der Waals surface area (Å²) >= 11 is 0. The van der Waals surface area contributed by atoms with Crippen LogP contribution in [0.15, 0.2) is 138 Å². The molecule has 0 saturated heterocycles. The molecule has 6 aromatic carbocycles. The molecule has 176 valence electrons. The highest BCUT2D eigenvalue weighted by Crippen LogP contribution is 2.64. The van der Waals surface area contributed by atoms with E-state index in [1.807, 2.05) is 6.07 Å². The van der Waals surface area contributed by atoms with Gasteiger partial charge in [0.05, 0.1) is 5.41 Å². The second kappa shape index (κ2) is 7.12. The normalized spacial score (nSPS) is 14.0. The fourth-order valence-electron chi connectivity index (χ4n) is 7.34. The Morgan fingerprint density at radius 1 is 0.368 bits per heavy atom. The van der Waals surface area contributed by atoms with Crippen LogP contribution in [0.2, 0.25) is 0 Å². The molecule has 1 spiro atoms. The Labute approximate surface area is 220 Å². The molecule has 0 unspecified atom stereocenters. The van der Waals surface area contributed by atoms with Gasteiger partial charge >= 0.3 is 0 Å². The predicted molar refractivity (Wildman–Crippen MR) is 155 cm³/mol. The van der Waals surface area contributed by atoms with Crippen LogP contribution in [0.4, 0.5) is 0 Å². The highest BCUT2D eigenvalue weighted by atomic mass is 16.3. The molecule has 1 nitrogen and oxygen atoms in total. The van der Waals surface area contributed by atoms with E-state index in [4.69, 9.17) is 4.42 Å². The highest BCUT2D eigenvalue weighted by molar-refractivity contribution is 6.11. The average Bonchev–Trinajstić information content (AvgIpc) is 3.61. The molecule has 7 aromatic rings. The van der Waals surface area contributed by atoms with Crippen molar-refractivity contribution in [3.05, 3.63) is 156 Å². The van der Waals surface area contributed by atoms with Crippen LogP contribution in [-0.2, 0) is 5.41 Å². The third-order valence-electron chi connectivity index (χ3n) is 8.71. The minimum Gasteiger partial charge on any atom is -0.455 e. The first-order valence-electron chi connectivity index (χ1n) is 13.2. The molecular weight excluding hydrogens is 460 g/mol. The summed E-state index contributed by atoms with van der Waals surface area (Å²) in [6.45, 7) is 0. The maximum atomic E-state index is 6.56. The fraction of sp³-hybridized carbons (Fsp3) is 0.0270. The van der Waals surface area contributed by atoms with Gasteiger partial charge in [-0.15, -0.1) is 0 Å². The molecule has 0 saturated carbocycles. The summed E-state index contributed by atoms with van der Waals surface area (Å²) in [5, 5.41) is 2.32. The topological polar surface area (TPSA) is 13.1 Å². The average molecular weight is 483 g/mol. The molecule has 0 aliphatic heterocycles. The van der Waals surface area contributed by atoms with E-state index in [9.17, 15) is 0 Å². The molecule has 1 heterocycles. The molecule has 0 bridgehead atoms. The molecule has 0 radical (unpaired) electrons. The minimum atomic E-state index is -0.385. The molecule has 1 heteroatoms. The zero-order valence-electron chi connectivity index (χ0n) is 20.6. The van der Waals surface area contributed by atoms with Gasteiger partial charge in [0.25, 0.3) is 0 Å². The van der Waals surface area contributed by atoms with Gasteiger partial charge in [-0.05, 0) is 56.1 Å². The van der Waals surface area contributed by atoms with Crippen LogP contribution in [0.25, 0.3) is 55.3 Å². The maximum absolute atomic E-state index is 6.56. The van der Waals surface area contributed by atoms with Crippen LogP contribution >= 0.6 is 0 Å². The lowest BCUT2D eigenvalue weighted by atomic mass is 9.68. The number of hydrogen-bond acceptors (Lipinski definition) is 1. The molecule has 0 amide bonds. The van der Waals surface area contributed by atoms with Gasteiger partial charge < -0.3 is 4.42 Å². The van der Waals surface area contributed by atoms with Gasteiger partial charge in [0, 0.05) is 16.3 Å². The number of fused-ring (bicyclic) bond motifs is 13. The van der Waals surface area contributed by atoms with Gasteiger partial charge in [-0.25, -0.2) is 0 Å². The van der Waals surface area contributed by atoms with Crippen molar-refractivity contribution in [2.24, 2.45) is 0 Å². The Morgan fingerprint density at radius 3 is 1.50 bits per heavy atom. The van der Waals surface area contributed by atoms with E-state index < -0.39 is 0 Å². The molecule has 0 atom stereocenters. The number of benzene rings is 6. The van der Waals surface area contributed by atoms with Crippen molar-refractivity contribution in [3.8, 4) is 33.4 Å². The van der Waals surface area contributed by atoms with E-state index in [0.717, 1.165) is 27.5 Å². The number of rotatable bonds is 1. The van der Waals surface area contributed by atoms with Crippen LogP contribution in [-0.4, -0.2) is 0 Å². The maximum Gasteiger partial charge on any atom is 0.143 e. The van der Waals surface area contributed by atoms with Crippen molar-refractivity contribution in [1.29, 1.82) is 0 Å². The van der Waals surface area contributed by atoms with Crippen molar-refractivity contribution in [2.75, 3.05) is 0 Å². The lowest BCUT2D eigenvalue weighted by Gasteiger charge is -2.32. The summed E-state index contributed by atoms with van der Waals surface area (Å²) in [5.74, 6) is 0. The Hall–Kier alpha value is -4.88. The van der Waals surface area contributed by atoms with Gasteiger partial charge in [-0.2, -0.15) is 0 Å². The molecular formula is C37H22O. The largest absolute Gasteiger partial charge is 0.455 e. The lowest BCUT2D eigenvalue weighted by molar-refractivity contribution is 0.670. The van der Waals surface area contributed by atoms with Crippen LogP contribution in [0.5, 0.6) is 0 Å². The lowest BCUT2D eigenvalue weighted by Crippen LogP contribution is -2.26. The van der Waals surface area contributed by atoms with E-state index >= 15 is 0 Å². The molecule has 0 N–H and O–H groups in total. The third-order valence-corrected chi connectivity index (χ3v) is 8.71. The Bertz CT molecular complexity index is 2030. The Kier molecular flexibility index (Phi) is 3.78. The summed E-state index contributed by atoms with van der Waals surface area (Å²) in [7, 11) is 0. The standard InChI is InChI=1S/C37H22O/c1-5-19-31-23(11-1)24-12-2-6-20-32(24)37(31)33-21-7-3-13-25(33)27-15-9-16-28(35(27)37)30-18-10-17-29-26-14-4-8-22-34(26)38-36(29)30/h1-22H. The summed E-state index contributed by atoms with van der Waals surface area (Å²) in [4.78, 5) is 0. The van der Waals surface area contributed by atoms with Crippen molar-refractivity contribution in [2.45, 2.75) is 5.41 Å². The number of para-hydroxylation sites is 2. The van der Waals surface area contributed by atoms with Crippen LogP contribution < -0.4 is 0 Å². The molecule has 38 heavy (non-hydrogen) atoms. The first-order valence-corrected chi connectivity index (χ1v) is 13.2. The van der Waals surface area contributed by atoms with Gasteiger partial charge in [0.15, 0.2) is 0 Å². The molecule has 2 aliphatic rings. The van der Waals surface area contributed by atoms with E-state index in [-0.39, 0.29) is 5.41 Å². The van der Waals surface area contributed by atoms with E-state index in [0.29, 0.717) is 0 Å². The smallest absolute Gasteiger partial charge is 0.143 e. The minimum absolute atomic E-state index is 0.385. The molecule has 2 aliphatic carbocycles. The summed E-state index contributed by atoms with van der Waals surface area (Å²) < 4.78 is 6.56. The summed E-state index contributed by atoms with van der Waals surface area (Å²) in [5.41, 5.74) is 14.6. The zero-order chi connectivity index (χ0) is 24.8.